The average Bonchev–Trinajstić information content (AvgIpc) is 2.68. The van der Waals surface area contributed by atoms with E-state index in [0.717, 1.165) is 22.7 Å². The summed E-state index contributed by atoms with van der Waals surface area (Å²) >= 11 is 1.54. The Morgan fingerprint density at radius 3 is 2.46 bits per heavy atom. The van der Waals surface area contributed by atoms with E-state index >= 15 is 0 Å². The normalized spacial score (nSPS) is 10.4. The van der Waals surface area contributed by atoms with Crippen LogP contribution < -0.4 is 10.2 Å². The Morgan fingerprint density at radius 2 is 1.77 bits per heavy atom. The molecular weight excluding hydrogens is 344 g/mol. The first kappa shape index (κ1) is 17.9. The van der Waals surface area contributed by atoms with E-state index in [4.69, 9.17) is 0 Å². The van der Waals surface area contributed by atoms with Crippen molar-refractivity contribution in [3.63, 3.8) is 0 Å². The lowest BCUT2D eigenvalue weighted by Crippen LogP contribution is -2.14. The SMILES string of the molecule is CN(C)c1ccc(NC(=O)c2cccnc2SCc2ccncc2)cc1. The molecule has 0 fully saturated rings. The largest absolute Gasteiger partial charge is 0.378 e. The highest BCUT2D eigenvalue weighted by Gasteiger charge is 2.13. The monoisotopic (exact) mass is 364 g/mol. The molecule has 0 saturated heterocycles. The number of rotatable bonds is 6. The van der Waals surface area contributed by atoms with Crippen LogP contribution in [0.15, 0.2) is 72.1 Å². The number of nitrogens with zero attached hydrogens (tertiary/aromatic N) is 3. The fraction of sp³-hybridized carbons (Fsp3) is 0.150. The number of hydrogen-bond donors (Lipinski definition) is 1. The first-order chi connectivity index (χ1) is 12.6. The standard InChI is InChI=1S/C20H20N4OS/c1-24(2)17-7-5-16(6-8-17)23-19(25)18-4-3-11-22-20(18)26-14-15-9-12-21-13-10-15/h3-13H,14H2,1-2H3,(H,23,25). The summed E-state index contributed by atoms with van der Waals surface area (Å²) in [6.45, 7) is 0. The van der Waals surface area contributed by atoms with E-state index in [1.807, 2.05) is 55.4 Å². The molecule has 1 aromatic carbocycles. The smallest absolute Gasteiger partial charge is 0.258 e. The van der Waals surface area contributed by atoms with Crippen LogP contribution in [0.1, 0.15) is 15.9 Å². The fourth-order valence-electron chi connectivity index (χ4n) is 2.35. The fourth-order valence-corrected chi connectivity index (χ4v) is 3.30. The lowest BCUT2D eigenvalue weighted by atomic mass is 10.2. The molecule has 0 radical (unpaired) electrons. The second-order valence-electron chi connectivity index (χ2n) is 5.90. The highest BCUT2D eigenvalue weighted by Crippen LogP contribution is 2.25. The Hall–Kier alpha value is -2.86. The van der Waals surface area contributed by atoms with Crippen LogP contribution in [0.5, 0.6) is 0 Å². The van der Waals surface area contributed by atoms with Crippen molar-refractivity contribution in [2.45, 2.75) is 10.8 Å². The second-order valence-corrected chi connectivity index (χ2v) is 6.86. The summed E-state index contributed by atoms with van der Waals surface area (Å²) in [4.78, 5) is 23.1. The number of nitrogens with one attached hydrogen (secondary N) is 1. The molecule has 0 aliphatic heterocycles. The van der Waals surface area contributed by atoms with Crippen LogP contribution >= 0.6 is 11.8 Å². The molecule has 26 heavy (non-hydrogen) atoms. The zero-order chi connectivity index (χ0) is 18.4. The van der Waals surface area contributed by atoms with Crippen molar-refractivity contribution in [2.75, 3.05) is 24.3 Å². The maximum absolute atomic E-state index is 12.7. The van der Waals surface area contributed by atoms with E-state index in [1.165, 1.54) is 11.8 Å². The lowest BCUT2D eigenvalue weighted by Gasteiger charge is -2.13. The molecule has 0 aliphatic carbocycles. The van der Waals surface area contributed by atoms with Crippen molar-refractivity contribution in [3.05, 3.63) is 78.2 Å². The summed E-state index contributed by atoms with van der Waals surface area (Å²) in [7, 11) is 3.96. The van der Waals surface area contributed by atoms with Crippen LogP contribution in [0.25, 0.3) is 0 Å². The van der Waals surface area contributed by atoms with Crippen molar-refractivity contribution in [1.29, 1.82) is 0 Å². The first-order valence-corrected chi connectivity index (χ1v) is 9.17. The van der Waals surface area contributed by atoms with Crippen molar-refractivity contribution in [3.8, 4) is 0 Å². The summed E-state index contributed by atoms with van der Waals surface area (Å²) in [5.74, 6) is 0.574. The molecule has 0 spiro atoms. The van der Waals surface area contributed by atoms with Crippen LogP contribution in [0, 0.1) is 0 Å². The zero-order valence-electron chi connectivity index (χ0n) is 14.7. The predicted molar refractivity (Wildman–Crippen MR) is 107 cm³/mol. The number of pyridine rings is 2. The van der Waals surface area contributed by atoms with Crippen LogP contribution in [-0.2, 0) is 5.75 Å². The Labute approximate surface area is 157 Å². The maximum Gasteiger partial charge on any atom is 0.258 e. The molecule has 0 unspecified atom stereocenters. The molecule has 0 aliphatic rings. The molecule has 0 bridgehead atoms. The van der Waals surface area contributed by atoms with Crippen molar-refractivity contribution < 1.29 is 4.79 Å². The van der Waals surface area contributed by atoms with Crippen LogP contribution in [0.3, 0.4) is 0 Å². The van der Waals surface area contributed by atoms with Gasteiger partial charge in [-0.05, 0) is 54.1 Å². The van der Waals surface area contributed by atoms with Crippen LogP contribution in [-0.4, -0.2) is 30.0 Å². The van der Waals surface area contributed by atoms with Gasteiger partial charge in [0.05, 0.1) is 5.56 Å². The minimum absolute atomic E-state index is 0.159. The Morgan fingerprint density at radius 1 is 1.04 bits per heavy atom. The molecule has 132 valence electrons. The van der Waals surface area contributed by atoms with Crippen LogP contribution in [0.4, 0.5) is 11.4 Å². The molecule has 3 rings (SSSR count). The number of amides is 1. The molecular formula is C20H20N4OS. The summed E-state index contributed by atoms with van der Waals surface area (Å²) in [6, 6.07) is 15.2. The molecule has 1 amide bonds. The average molecular weight is 364 g/mol. The highest BCUT2D eigenvalue weighted by molar-refractivity contribution is 7.98. The second kappa shape index (κ2) is 8.49. The minimum Gasteiger partial charge on any atom is -0.378 e. The molecule has 3 aromatic rings. The molecule has 6 heteroatoms. The van der Waals surface area contributed by atoms with E-state index in [1.54, 1.807) is 30.7 Å². The molecule has 0 atom stereocenters. The Bertz CT molecular complexity index is 866. The van der Waals surface area contributed by atoms with Gasteiger partial charge in [-0.2, -0.15) is 0 Å². The van der Waals surface area contributed by atoms with Gasteiger partial charge >= 0.3 is 0 Å². The van der Waals surface area contributed by atoms with Crippen molar-refractivity contribution >= 4 is 29.0 Å². The van der Waals surface area contributed by atoms with Gasteiger partial charge in [-0.3, -0.25) is 9.78 Å². The van der Waals surface area contributed by atoms with E-state index < -0.39 is 0 Å². The third kappa shape index (κ3) is 4.61. The lowest BCUT2D eigenvalue weighted by molar-refractivity contribution is 0.102. The van der Waals surface area contributed by atoms with Gasteiger partial charge < -0.3 is 10.2 Å². The van der Waals surface area contributed by atoms with Crippen LogP contribution in [0.2, 0.25) is 0 Å². The number of anilines is 2. The van der Waals surface area contributed by atoms with Crippen molar-refractivity contribution in [1.82, 2.24) is 9.97 Å². The maximum atomic E-state index is 12.7. The minimum atomic E-state index is -0.159. The topological polar surface area (TPSA) is 58.1 Å². The Kier molecular flexibility index (Phi) is 5.86. The summed E-state index contributed by atoms with van der Waals surface area (Å²) in [6.07, 6.45) is 5.23. The number of aromatic nitrogens is 2. The van der Waals surface area contributed by atoms with Gasteiger partial charge in [-0.15, -0.1) is 11.8 Å². The van der Waals surface area contributed by atoms with Gasteiger partial charge in [0.25, 0.3) is 5.91 Å². The van der Waals surface area contributed by atoms with Gasteiger partial charge in [0, 0.05) is 49.8 Å². The number of carbonyl (C=O) groups is 1. The van der Waals surface area contributed by atoms with E-state index in [2.05, 4.69) is 15.3 Å². The Balaban J connectivity index is 1.71. The van der Waals surface area contributed by atoms with E-state index in [9.17, 15) is 4.79 Å². The number of hydrogen-bond acceptors (Lipinski definition) is 5. The quantitative estimate of drug-likeness (QED) is 0.668. The number of benzene rings is 1. The van der Waals surface area contributed by atoms with Crippen molar-refractivity contribution in [2.24, 2.45) is 0 Å². The first-order valence-electron chi connectivity index (χ1n) is 8.19. The molecule has 2 aromatic heterocycles. The van der Waals surface area contributed by atoms with E-state index in [0.29, 0.717) is 10.6 Å². The van der Waals surface area contributed by atoms with Gasteiger partial charge in [0.1, 0.15) is 5.03 Å². The third-order valence-corrected chi connectivity index (χ3v) is 4.86. The van der Waals surface area contributed by atoms with Gasteiger partial charge in [-0.1, -0.05) is 0 Å². The molecule has 0 saturated carbocycles. The summed E-state index contributed by atoms with van der Waals surface area (Å²) in [5, 5.41) is 3.66. The third-order valence-electron chi connectivity index (χ3n) is 3.78. The van der Waals surface area contributed by atoms with E-state index in [-0.39, 0.29) is 5.91 Å². The number of carbonyl (C=O) groups excluding carboxylic acids is 1. The highest BCUT2D eigenvalue weighted by atomic mass is 32.2. The zero-order valence-corrected chi connectivity index (χ0v) is 15.5. The van der Waals surface area contributed by atoms with Gasteiger partial charge in [-0.25, -0.2) is 4.98 Å². The molecule has 2 heterocycles. The van der Waals surface area contributed by atoms with Gasteiger partial charge in [0.2, 0.25) is 0 Å². The predicted octanol–water partition coefficient (Wildman–Crippen LogP) is 4.09. The number of thioether (sulfide) groups is 1. The van der Waals surface area contributed by atoms with Gasteiger partial charge in [0.15, 0.2) is 0 Å². The molecule has 5 nitrogen and oxygen atoms in total. The summed E-state index contributed by atoms with van der Waals surface area (Å²) in [5.41, 5.74) is 3.55. The molecule has 1 N–H and O–H groups in total. The summed E-state index contributed by atoms with van der Waals surface area (Å²) < 4.78 is 0.